The normalized spacial score (nSPS) is 18.9. The number of aliphatic hydroxyl groups excluding tert-OH is 1. The Morgan fingerprint density at radius 1 is 1.07 bits per heavy atom. The summed E-state index contributed by atoms with van der Waals surface area (Å²) in [5.74, 6) is 0.627. The molecule has 2 unspecified atom stereocenters. The topological polar surface area (TPSA) is 107 Å². The van der Waals surface area contributed by atoms with Gasteiger partial charge in [0, 0.05) is 12.0 Å². The number of hydrogen-bond acceptors (Lipinski definition) is 9. The van der Waals surface area contributed by atoms with E-state index in [1.54, 1.807) is 43.5 Å². The predicted molar refractivity (Wildman–Crippen MR) is 169 cm³/mol. The number of carbonyl (C=O) groups is 2. The lowest BCUT2D eigenvalue weighted by Gasteiger charge is -2.24. The molecular formula is C34H34N2O7S. The number of methoxy groups -OCH3 is 1. The predicted octanol–water partition coefficient (Wildman–Crippen LogP) is 6.83. The van der Waals surface area contributed by atoms with Crippen molar-refractivity contribution < 1.29 is 33.6 Å². The fraction of sp³-hybridized carbons (Fsp3) is 0.324. The van der Waals surface area contributed by atoms with E-state index in [1.165, 1.54) is 16.2 Å². The molecule has 2 atom stereocenters. The molecule has 1 fully saturated rings. The number of benzene rings is 3. The van der Waals surface area contributed by atoms with Crippen molar-refractivity contribution in [3.63, 3.8) is 0 Å². The second kappa shape index (κ2) is 12.2. The number of anilines is 1. The number of aromatic nitrogens is 1. The van der Waals surface area contributed by atoms with E-state index >= 15 is 0 Å². The van der Waals surface area contributed by atoms with Crippen molar-refractivity contribution in [1.29, 1.82) is 0 Å². The summed E-state index contributed by atoms with van der Waals surface area (Å²) in [5.41, 5.74) is 2.57. The van der Waals surface area contributed by atoms with E-state index in [9.17, 15) is 14.7 Å². The molecule has 9 nitrogen and oxygen atoms in total. The summed E-state index contributed by atoms with van der Waals surface area (Å²) in [7, 11) is 1.58. The van der Waals surface area contributed by atoms with Crippen LogP contribution in [0.5, 0.6) is 23.0 Å². The Labute approximate surface area is 259 Å². The van der Waals surface area contributed by atoms with Gasteiger partial charge in [0.2, 0.25) is 0 Å². The Morgan fingerprint density at radius 3 is 2.68 bits per heavy atom. The first-order chi connectivity index (χ1) is 21.3. The maximum Gasteiger partial charge on any atom is 0.301 e. The molecule has 0 bridgehead atoms. The average molecular weight is 615 g/mol. The summed E-state index contributed by atoms with van der Waals surface area (Å²) in [4.78, 5) is 33.7. The molecule has 1 amide bonds. The number of rotatable bonds is 10. The van der Waals surface area contributed by atoms with Crippen molar-refractivity contribution in [2.24, 2.45) is 0 Å². The largest absolute Gasteiger partial charge is 0.507 e. The van der Waals surface area contributed by atoms with Gasteiger partial charge < -0.3 is 24.1 Å². The molecule has 3 aromatic carbocycles. The van der Waals surface area contributed by atoms with E-state index in [0.29, 0.717) is 58.7 Å². The molecule has 0 spiro atoms. The van der Waals surface area contributed by atoms with E-state index in [0.717, 1.165) is 28.9 Å². The van der Waals surface area contributed by atoms with Crippen LogP contribution in [0.3, 0.4) is 0 Å². The first-order valence-corrected chi connectivity index (χ1v) is 15.6. The number of thiazole rings is 1. The van der Waals surface area contributed by atoms with E-state index in [-0.39, 0.29) is 17.4 Å². The maximum atomic E-state index is 13.8. The summed E-state index contributed by atoms with van der Waals surface area (Å²) in [6.45, 7) is 6.87. The fourth-order valence-electron chi connectivity index (χ4n) is 5.60. The van der Waals surface area contributed by atoms with Crippen molar-refractivity contribution in [3.05, 3.63) is 76.9 Å². The van der Waals surface area contributed by atoms with Crippen LogP contribution in [-0.4, -0.2) is 48.2 Å². The van der Waals surface area contributed by atoms with Gasteiger partial charge in [-0.1, -0.05) is 30.7 Å². The van der Waals surface area contributed by atoms with E-state index in [4.69, 9.17) is 23.9 Å². The molecular weight excluding hydrogens is 580 g/mol. The summed E-state index contributed by atoms with van der Waals surface area (Å²) < 4.78 is 23.9. The van der Waals surface area contributed by atoms with Crippen molar-refractivity contribution in [2.45, 2.75) is 52.2 Å². The Hall–Kier alpha value is -4.57. The van der Waals surface area contributed by atoms with Crippen LogP contribution >= 0.6 is 11.3 Å². The SMILES string of the molecule is CCCCOc1ccc(C2C(=C(O)c3ccc4c(c3)CC(C)O4)C(=O)C(=O)N2c2nc3ccc(OC)cc3s2)cc1OCC. The number of fused-ring (bicyclic) bond motifs is 2. The highest BCUT2D eigenvalue weighted by Crippen LogP contribution is 2.46. The van der Waals surface area contributed by atoms with Crippen LogP contribution in [0.25, 0.3) is 16.0 Å². The van der Waals surface area contributed by atoms with Crippen molar-refractivity contribution in [1.82, 2.24) is 4.98 Å². The van der Waals surface area contributed by atoms with Crippen LogP contribution in [0.2, 0.25) is 0 Å². The molecule has 0 saturated carbocycles. The third kappa shape index (κ3) is 5.34. The highest BCUT2D eigenvalue weighted by molar-refractivity contribution is 7.22. The first kappa shape index (κ1) is 29.5. The van der Waals surface area contributed by atoms with Crippen LogP contribution in [0.4, 0.5) is 5.13 Å². The summed E-state index contributed by atoms with van der Waals surface area (Å²) in [5, 5.41) is 12.1. The van der Waals surface area contributed by atoms with Gasteiger partial charge in [0.1, 0.15) is 23.4 Å². The molecule has 1 N–H and O–H groups in total. The van der Waals surface area contributed by atoms with Gasteiger partial charge in [0.15, 0.2) is 16.6 Å². The van der Waals surface area contributed by atoms with Crippen LogP contribution in [-0.2, 0) is 16.0 Å². The van der Waals surface area contributed by atoms with Gasteiger partial charge in [-0.2, -0.15) is 0 Å². The number of carbonyl (C=O) groups excluding carboxylic acids is 2. The van der Waals surface area contributed by atoms with Gasteiger partial charge in [-0.25, -0.2) is 4.98 Å². The number of unbranched alkanes of at least 4 members (excludes halogenated alkanes) is 1. The van der Waals surface area contributed by atoms with Gasteiger partial charge in [-0.05, 0) is 79.9 Å². The quantitative estimate of drug-likeness (QED) is 0.0896. The monoisotopic (exact) mass is 614 g/mol. The Morgan fingerprint density at radius 2 is 1.91 bits per heavy atom. The number of Topliss-reactive ketones (excluding diaryl/α,β-unsaturated/α-hetero) is 1. The van der Waals surface area contributed by atoms with Gasteiger partial charge in [0.05, 0.1) is 42.2 Å². The third-order valence-electron chi connectivity index (χ3n) is 7.74. The molecule has 10 heteroatoms. The lowest BCUT2D eigenvalue weighted by Crippen LogP contribution is -2.29. The lowest BCUT2D eigenvalue weighted by molar-refractivity contribution is -0.132. The van der Waals surface area contributed by atoms with Crippen molar-refractivity contribution in [3.8, 4) is 23.0 Å². The Bertz CT molecular complexity index is 1780. The smallest absolute Gasteiger partial charge is 0.301 e. The standard InChI is InChI=1S/C34H34N2O7S/c1-5-7-14-42-26-13-8-20(17-27(26)41-6-2)30-29(31(37)21-9-12-25-22(16-21)15-19(3)43-25)32(38)33(39)36(30)34-35-24-11-10-23(40-4)18-28(24)44-34/h8-13,16-19,30,37H,5-7,14-15H2,1-4H3. The second-order valence-corrected chi connectivity index (χ2v) is 11.8. The number of aliphatic hydroxyl groups is 1. The molecule has 228 valence electrons. The third-order valence-corrected chi connectivity index (χ3v) is 8.76. The van der Waals surface area contributed by atoms with Gasteiger partial charge in [-0.15, -0.1) is 0 Å². The number of amides is 1. The zero-order valence-electron chi connectivity index (χ0n) is 25.1. The minimum absolute atomic E-state index is 0.0145. The van der Waals surface area contributed by atoms with Crippen LogP contribution < -0.4 is 23.8 Å². The van der Waals surface area contributed by atoms with Crippen molar-refractivity contribution >= 4 is 44.1 Å². The van der Waals surface area contributed by atoms with Gasteiger partial charge >= 0.3 is 5.91 Å². The number of hydrogen-bond donors (Lipinski definition) is 1. The molecule has 0 aliphatic carbocycles. The number of ether oxygens (including phenoxy) is 4. The molecule has 44 heavy (non-hydrogen) atoms. The van der Waals surface area contributed by atoms with E-state index < -0.39 is 17.7 Å². The second-order valence-electron chi connectivity index (χ2n) is 10.8. The molecule has 1 saturated heterocycles. The summed E-state index contributed by atoms with van der Waals surface area (Å²) >= 11 is 1.27. The van der Waals surface area contributed by atoms with Crippen LogP contribution in [0.15, 0.2) is 60.2 Å². The average Bonchev–Trinajstić information content (AvgIpc) is 3.69. The van der Waals surface area contributed by atoms with Crippen LogP contribution in [0.1, 0.15) is 56.3 Å². The Kier molecular flexibility index (Phi) is 8.18. The van der Waals surface area contributed by atoms with Gasteiger partial charge in [-0.3, -0.25) is 14.5 Å². The maximum absolute atomic E-state index is 13.8. The number of ketones is 1. The summed E-state index contributed by atoms with van der Waals surface area (Å²) in [6, 6.07) is 15.1. The molecule has 3 heterocycles. The fourth-order valence-corrected chi connectivity index (χ4v) is 6.62. The molecule has 0 radical (unpaired) electrons. The van der Waals surface area contributed by atoms with E-state index in [1.807, 2.05) is 32.0 Å². The Balaban J connectivity index is 1.51. The zero-order valence-corrected chi connectivity index (χ0v) is 25.9. The molecule has 2 aliphatic rings. The first-order valence-electron chi connectivity index (χ1n) is 14.8. The molecule has 4 aromatic rings. The van der Waals surface area contributed by atoms with Crippen molar-refractivity contribution in [2.75, 3.05) is 25.2 Å². The molecule has 1 aromatic heterocycles. The minimum Gasteiger partial charge on any atom is -0.507 e. The zero-order chi connectivity index (χ0) is 31.0. The highest BCUT2D eigenvalue weighted by Gasteiger charge is 2.48. The lowest BCUT2D eigenvalue weighted by atomic mass is 9.94. The molecule has 6 rings (SSSR count). The van der Waals surface area contributed by atoms with Gasteiger partial charge in [0.25, 0.3) is 5.78 Å². The molecule has 2 aliphatic heterocycles. The number of nitrogens with zero attached hydrogens (tertiary/aromatic N) is 2. The minimum atomic E-state index is -0.968. The highest BCUT2D eigenvalue weighted by atomic mass is 32.1. The summed E-state index contributed by atoms with van der Waals surface area (Å²) in [6.07, 6.45) is 2.57. The van der Waals surface area contributed by atoms with E-state index in [2.05, 4.69) is 6.92 Å². The van der Waals surface area contributed by atoms with Crippen LogP contribution in [0, 0.1) is 0 Å².